The van der Waals surface area contributed by atoms with E-state index in [1.165, 1.54) is 32.8 Å². The molecule has 2 bridgehead atoms. The number of hydrogen-bond donors (Lipinski definition) is 1. The SMILES string of the molecule is CCNC1CC2CCC(C1)N2CC(=O)OC. The highest BCUT2D eigenvalue weighted by atomic mass is 16.5. The van der Waals surface area contributed by atoms with E-state index < -0.39 is 0 Å². The lowest BCUT2D eigenvalue weighted by molar-refractivity contribution is -0.143. The lowest BCUT2D eigenvalue weighted by Crippen LogP contribution is -2.50. The van der Waals surface area contributed by atoms with E-state index in [-0.39, 0.29) is 5.97 Å². The van der Waals surface area contributed by atoms with Gasteiger partial charge in [0.1, 0.15) is 0 Å². The van der Waals surface area contributed by atoms with Gasteiger partial charge in [0.2, 0.25) is 0 Å². The van der Waals surface area contributed by atoms with Gasteiger partial charge < -0.3 is 10.1 Å². The van der Waals surface area contributed by atoms with Gasteiger partial charge >= 0.3 is 5.97 Å². The normalized spacial score (nSPS) is 34.0. The van der Waals surface area contributed by atoms with Crippen LogP contribution < -0.4 is 5.32 Å². The second kappa shape index (κ2) is 5.15. The summed E-state index contributed by atoms with van der Waals surface area (Å²) in [6.45, 7) is 3.68. The van der Waals surface area contributed by atoms with Gasteiger partial charge in [0.15, 0.2) is 0 Å². The van der Waals surface area contributed by atoms with Crippen molar-refractivity contribution < 1.29 is 9.53 Å². The van der Waals surface area contributed by atoms with Gasteiger partial charge in [-0.3, -0.25) is 9.69 Å². The maximum atomic E-state index is 11.3. The maximum absolute atomic E-state index is 11.3. The first-order valence-electron chi connectivity index (χ1n) is 6.30. The smallest absolute Gasteiger partial charge is 0.319 e. The van der Waals surface area contributed by atoms with E-state index in [2.05, 4.69) is 17.1 Å². The van der Waals surface area contributed by atoms with Gasteiger partial charge in [-0.25, -0.2) is 0 Å². The zero-order valence-electron chi connectivity index (χ0n) is 10.2. The van der Waals surface area contributed by atoms with Crippen molar-refractivity contribution in [3.8, 4) is 0 Å². The highest BCUT2D eigenvalue weighted by Crippen LogP contribution is 2.35. The molecule has 2 heterocycles. The Labute approximate surface area is 97.3 Å². The zero-order valence-corrected chi connectivity index (χ0v) is 10.2. The van der Waals surface area contributed by atoms with E-state index in [4.69, 9.17) is 4.74 Å². The molecule has 2 unspecified atom stereocenters. The van der Waals surface area contributed by atoms with Crippen molar-refractivity contribution in [2.24, 2.45) is 0 Å². The summed E-state index contributed by atoms with van der Waals surface area (Å²) in [4.78, 5) is 13.7. The van der Waals surface area contributed by atoms with E-state index in [0.29, 0.717) is 24.7 Å². The van der Waals surface area contributed by atoms with Crippen molar-refractivity contribution >= 4 is 5.97 Å². The number of rotatable bonds is 4. The number of esters is 1. The Hall–Kier alpha value is -0.610. The molecule has 0 radical (unpaired) electrons. The number of hydrogen-bond acceptors (Lipinski definition) is 4. The molecule has 0 aromatic heterocycles. The van der Waals surface area contributed by atoms with Gasteiger partial charge in [-0.2, -0.15) is 0 Å². The Morgan fingerprint density at radius 1 is 1.38 bits per heavy atom. The first-order valence-corrected chi connectivity index (χ1v) is 6.30. The van der Waals surface area contributed by atoms with Crippen molar-refractivity contribution in [1.29, 1.82) is 0 Å². The van der Waals surface area contributed by atoms with Crippen LogP contribution in [-0.4, -0.2) is 49.2 Å². The van der Waals surface area contributed by atoms with Crippen LogP contribution in [0.4, 0.5) is 0 Å². The summed E-state index contributed by atoms with van der Waals surface area (Å²) in [6.07, 6.45) is 4.84. The van der Waals surface area contributed by atoms with Crippen LogP contribution in [0.3, 0.4) is 0 Å². The molecule has 1 N–H and O–H groups in total. The maximum Gasteiger partial charge on any atom is 0.319 e. The molecule has 4 nitrogen and oxygen atoms in total. The van der Waals surface area contributed by atoms with Crippen LogP contribution >= 0.6 is 0 Å². The third kappa shape index (κ3) is 2.38. The number of carbonyl (C=O) groups is 1. The summed E-state index contributed by atoms with van der Waals surface area (Å²) in [6, 6.07) is 1.82. The van der Waals surface area contributed by atoms with Crippen LogP contribution in [0.25, 0.3) is 0 Å². The quantitative estimate of drug-likeness (QED) is 0.719. The van der Waals surface area contributed by atoms with E-state index in [9.17, 15) is 4.79 Å². The summed E-state index contributed by atoms with van der Waals surface area (Å²) in [5, 5.41) is 3.53. The molecule has 2 aliphatic rings. The molecule has 2 saturated heterocycles. The minimum Gasteiger partial charge on any atom is -0.468 e. The third-order valence-corrected chi connectivity index (χ3v) is 3.92. The number of nitrogens with one attached hydrogen (secondary N) is 1. The van der Waals surface area contributed by atoms with Crippen molar-refractivity contribution in [2.45, 2.75) is 50.7 Å². The molecule has 2 fully saturated rings. The molecule has 16 heavy (non-hydrogen) atoms. The molecule has 0 aromatic rings. The molecule has 0 spiro atoms. The van der Waals surface area contributed by atoms with Crippen LogP contribution in [0.1, 0.15) is 32.6 Å². The highest BCUT2D eigenvalue weighted by molar-refractivity contribution is 5.71. The van der Waals surface area contributed by atoms with Crippen LogP contribution in [-0.2, 0) is 9.53 Å². The lowest BCUT2D eigenvalue weighted by atomic mass is 9.97. The van der Waals surface area contributed by atoms with E-state index in [1.807, 2.05) is 0 Å². The van der Waals surface area contributed by atoms with Crippen molar-refractivity contribution in [1.82, 2.24) is 10.2 Å². The molecule has 0 saturated carbocycles. The molecular formula is C12H22N2O2. The number of methoxy groups -OCH3 is 1. The van der Waals surface area contributed by atoms with Gasteiger partial charge in [0.05, 0.1) is 13.7 Å². The number of piperidine rings is 1. The summed E-state index contributed by atoms with van der Waals surface area (Å²) >= 11 is 0. The first kappa shape index (κ1) is 11.9. The van der Waals surface area contributed by atoms with E-state index in [0.717, 1.165) is 6.54 Å². The molecule has 0 amide bonds. The second-order valence-corrected chi connectivity index (χ2v) is 4.86. The third-order valence-electron chi connectivity index (χ3n) is 3.92. The van der Waals surface area contributed by atoms with Gasteiger partial charge in [-0.05, 0) is 32.2 Å². The highest BCUT2D eigenvalue weighted by Gasteiger charge is 2.41. The molecule has 2 aliphatic heterocycles. The Morgan fingerprint density at radius 3 is 2.50 bits per heavy atom. The molecule has 92 valence electrons. The average Bonchev–Trinajstić information content (AvgIpc) is 2.52. The Morgan fingerprint density at radius 2 is 2.00 bits per heavy atom. The van der Waals surface area contributed by atoms with Crippen LogP contribution in [0, 0.1) is 0 Å². The molecule has 0 aliphatic carbocycles. The van der Waals surface area contributed by atoms with Gasteiger partial charge in [0, 0.05) is 18.1 Å². The number of carbonyl (C=O) groups excluding carboxylic acids is 1. The predicted molar refractivity (Wildman–Crippen MR) is 62.2 cm³/mol. The Kier molecular flexibility index (Phi) is 3.82. The molecule has 2 atom stereocenters. The molecule has 2 rings (SSSR count). The fraction of sp³-hybridized carbons (Fsp3) is 0.917. The zero-order chi connectivity index (χ0) is 11.5. The Balaban J connectivity index is 1.91. The minimum absolute atomic E-state index is 0.0983. The van der Waals surface area contributed by atoms with Crippen LogP contribution in [0.2, 0.25) is 0 Å². The number of nitrogens with zero attached hydrogens (tertiary/aromatic N) is 1. The first-order chi connectivity index (χ1) is 7.74. The van der Waals surface area contributed by atoms with Crippen molar-refractivity contribution in [3.63, 3.8) is 0 Å². The number of fused-ring (bicyclic) bond motifs is 2. The van der Waals surface area contributed by atoms with Crippen LogP contribution in [0.15, 0.2) is 0 Å². The van der Waals surface area contributed by atoms with Gasteiger partial charge in [-0.15, -0.1) is 0 Å². The van der Waals surface area contributed by atoms with Gasteiger partial charge in [-0.1, -0.05) is 6.92 Å². The van der Waals surface area contributed by atoms with E-state index >= 15 is 0 Å². The van der Waals surface area contributed by atoms with Crippen molar-refractivity contribution in [2.75, 3.05) is 20.2 Å². The second-order valence-electron chi connectivity index (χ2n) is 4.86. The largest absolute Gasteiger partial charge is 0.468 e. The summed E-state index contributed by atoms with van der Waals surface area (Å²) < 4.78 is 4.76. The van der Waals surface area contributed by atoms with Crippen LogP contribution in [0.5, 0.6) is 0 Å². The van der Waals surface area contributed by atoms with Gasteiger partial charge in [0.25, 0.3) is 0 Å². The van der Waals surface area contributed by atoms with E-state index in [1.54, 1.807) is 0 Å². The van der Waals surface area contributed by atoms with Crippen molar-refractivity contribution in [3.05, 3.63) is 0 Å². The minimum atomic E-state index is -0.0983. The monoisotopic (exact) mass is 226 g/mol. The topological polar surface area (TPSA) is 41.6 Å². The average molecular weight is 226 g/mol. The summed E-state index contributed by atoms with van der Waals surface area (Å²) in [5.74, 6) is -0.0983. The number of ether oxygens (including phenoxy) is 1. The molecular weight excluding hydrogens is 204 g/mol. The standard InChI is InChI=1S/C12H22N2O2/c1-3-13-9-6-10-4-5-11(7-9)14(10)8-12(15)16-2/h9-11,13H,3-8H2,1-2H3. The summed E-state index contributed by atoms with van der Waals surface area (Å²) in [7, 11) is 1.47. The fourth-order valence-electron chi connectivity index (χ4n) is 3.20. The fourth-order valence-corrected chi connectivity index (χ4v) is 3.20. The lowest BCUT2D eigenvalue weighted by Gasteiger charge is -2.38. The predicted octanol–water partition coefficient (Wildman–Crippen LogP) is 0.764. The molecule has 0 aromatic carbocycles. The summed E-state index contributed by atoms with van der Waals surface area (Å²) in [5.41, 5.74) is 0. The molecule has 4 heteroatoms. The Bertz CT molecular complexity index is 243.